The Bertz CT molecular complexity index is 594. The number of rotatable bonds is 5. The van der Waals surface area contributed by atoms with Crippen LogP contribution in [-0.2, 0) is 6.54 Å². The average Bonchev–Trinajstić information content (AvgIpc) is 3.31. The van der Waals surface area contributed by atoms with Crippen molar-refractivity contribution in [3.8, 4) is 17.0 Å². The number of halogens is 1. The highest BCUT2D eigenvalue weighted by atomic mass is 19.1. The summed E-state index contributed by atoms with van der Waals surface area (Å²) in [4.78, 5) is 4.18. The van der Waals surface area contributed by atoms with Crippen LogP contribution in [0.25, 0.3) is 11.1 Å². The normalized spacial score (nSPS) is 14.3. The van der Waals surface area contributed by atoms with Crippen LogP contribution in [0.2, 0.25) is 0 Å². The van der Waals surface area contributed by atoms with E-state index < -0.39 is 0 Å². The molecule has 1 aliphatic carbocycles. The van der Waals surface area contributed by atoms with Gasteiger partial charge in [0.2, 0.25) is 5.88 Å². The second kappa shape index (κ2) is 5.59. The lowest BCUT2D eigenvalue weighted by Gasteiger charge is -2.08. The standard InChI is InChI=1S/C16H17FN2O/c1-20-16-7-3-12(9-19-16)11-2-6-15(17)13(8-11)10-18-14-4-5-14/h2-3,6-9,14,18H,4-5,10H2,1H3. The summed E-state index contributed by atoms with van der Waals surface area (Å²) in [6, 6.07) is 9.48. The second-order valence-electron chi connectivity index (χ2n) is 5.05. The quantitative estimate of drug-likeness (QED) is 0.908. The van der Waals surface area contributed by atoms with Crippen molar-refractivity contribution in [2.24, 2.45) is 0 Å². The molecule has 1 aliphatic rings. The lowest BCUT2D eigenvalue weighted by Crippen LogP contribution is -2.16. The molecule has 3 nitrogen and oxygen atoms in total. The van der Waals surface area contributed by atoms with Crippen LogP contribution >= 0.6 is 0 Å². The summed E-state index contributed by atoms with van der Waals surface area (Å²) in [5.41, 5.74) is 2.62. The molecule has 0 aliphatic heterocycles. The van der Waals surface area contributed by atoms with Gasteiger partial charge < -0.3 is 10.1 Å². The molecule has 0 atom stereocenters. The van der Waals surface area contributed by atoms with Crippen LogP contribution in [0.3, 0.4) is 0 Å². The van der Waals surface area contributed by atoms with Gasteiger partial charge in [-0.2, -0.15) is 0 Å². The zero-order valence-corrected chi connectivity index (χ0v) is 11.4. The van der Waals surface area contributed by atoms with E-state index in [1.807, 2.05) is 12.1 Å². The summed E-state index contributed by atoms with van der Waals surface area (Å²) < 4.78 is 18.8. The summed E-state index contributed by atoms with van der Waals surface area (Å²) in [6.45, 7) is 0.577. The number of aromatic nitrogens is 1. The van der Waals surface area contributed by atoms with Gasteiger partial charge in [-0.25, -0.2) is 9.37 Å². The van der Waals surface area contributed by atoms with Gasteiger partial charge in [-0.15, -0.1) is 0 Å². The second-order valence-corrected chi connectivity index (χ2v) is 5.05. The van der Waals surface area contributed by atoms with Gasteiger partial charge in [-0.05, 0) is 36.6 Å². The molecule has 20 heavy (non-hydrogen) atoms. The van der Waals surface area contributed by atoms with E-state index in [1.54, 1.807) is 25.4 Å². The average molecular weight is 272 g/mol. The number of methoxy groups -OCH3 is 1. The lowest BCUT2D eigenvalue weighted by molar-refractivity contribution is 0.398. The Balaban J connectivity index is 1.82. The van der Waals surface area contributed by atoms with E-state index in [0.717, 1.165) is 11.1 Å². The Morgan fingerprint density at radius 1 is 1.25 bits per heavy atom. The van der Waals surface area contributed by atoms with Gasteiger partial charge in [0.15, 0.2) is 0 Å². The minimum atomic E-state index is -0.164. The van der Waals surface area contributed by atoms with E-state index >= 15 is 0 Å². The number of pyridine rings is 1. The Kier molecular flexibility index (Phi) is 3.65. The van der Waals surface area contributed by atoms with E-state index in [2.05, 4.69) is 10.3 Å². The minimum absolute atomic E-state index is 0.164. The molecule has 0 saturated heterocycles. The maximum Gasteiger partial charge on any atom is 0.212 e. The summed E-state index contributed by atoms with van der Waals surface area (Å²) in [7, 11) is 1.58. The summed E-state index contributed by atoms with van der Waals surface area (Å²) >= 11 is 0. The van der Waals surface area contributed by atoms with Crippen molar-refractivity contribution in [3.05, 3.63) is 47.9 Å². The molecule has 1 aromatic heterocycles. The summed E-state index contributed by atoms with van der Waals surface area (Å²) in [5, 5.41) is 3.34. The minimum Gasteiger partial charge on any atom is -0.481 e. The first-order valence-electron chi connectivity index (χ1n) is 6.78. The van der Waals surface area contributed by atoms with Gasteiger partial charge in [0, 0.05) is 36.0 Å². The number of nitrogens with zero attached hydrogens (tertiary/aromatic N) is 1. The molecule has 1 saturated carbocycles. The largest absolute Gasteiger partial charge is 0.481 e. The Labute approximate surface area is 117 Å². The summed E-state index contributed by atoms with van der Waals surface area (Å²) in [6.07, 6.45) is 4.14. The first-order valence-corrected chi connectivity index (χ1v) is 6.78. The molecule has 0 spiro atoms. The third-order valence-corrected chi connectivity index (χ3v) is 3.48. The third-order valence-electron chi connectivity index (χ3n) is 3.48. The SMILES string of the molecule is COc1ccc(-c2ccc(F)c(CNC3CC3)c2)cn1. The Morgan fingerprint density at radius 2 is 2.05 bits per heavy atom. The zero-order valence-electron chi connectivity index (χ0n) is 11.4. The van der Waals surface area contributed by atoms with Gasteiger partial charge in [0.05, 0.1) is 7.11 Å². The molecule has 3 rings (SSSR count). The van der Waals surface area contributed by atoms with Crippen LogP contribution in [-0.4, -0.2) is 18.1 Å². The molecule has 0 bridgehead atoms. The number of benzene rings is 1. The number of hydrogen-bond donors (Lipinski definition) is 1. The maximum atomic E-state index is 13.8. The zero-order chi connectivity index (χ0) is 13.9. The fourth-order valence-corrected chi connectivity index (χ4v) is 2.10. The van der Waals surface area contributed by atoms with Crippen molar-refractivity contribution >= 4 is 0 Å². The van der Waals surface area contributed by atoms with Gasteiger partial charge in [0.25, 0.3) is 0 Å². The summed E-state index contributed by atoms with van der Waals surface area (Å²) in [5.74, 6) is 0.412. The molecule has 4 heteroatoms. The Morgan fingerprint density at radius 3 is 2.70 bits per heavy atom. The van der Waals surface area contributed by atoms with Crippen LogP contribution < -0.4 is 10.1 Å². The highest BCUT2D eigenvalue weighted by molar-refractivity contribution is 5.63. The van der Waals surface area contributed by atoms with Gasteiger partial charge >= 0.3 is 0 Å². The van der Waals surface area contributed by atoms with Gasteiger partial charge in [-0.3, -0.25) is 0 Å². The predicted octanol–water partition coefficient (Wildman–Crippen LogP) is 3.15. The van der Waals surface area contributed by atoms with Crippen LogP contribution in [0.15, 0.2) is 36.5 Å². The molecule has 1 heterocycles. The highest BCUT2D eigenvalue weighted by Crippen LogP contribution is 2.24. The fourth-order valence-electron chi connectivity index (χ4n) is 2.10. The highest BCUT2D eigenvalue weighted by Gasteiger charge is 2.20. The van der Waals surface area contributed by atoms with Crippen LogP contribution in [0.5, 0.6) is 5.88 Å². The lowest BCUT2D eigenvalue weighted by atomic mass is 10.0. The number of hydrogen-bond acceptors (Lipinski definition) is 3. The third kappa shape index (κ3) is 2.96. The first kappa shape index (κ1) is 13.1. The fraction of sp³-hybridized carbons (Fsp3) is 0.312. The predicted molar refractivity (Wildman–Crippen MR) is 76.0 cm³/mol. The molecular formula is C16H17FN2O. The molecule has 1 fully saturated rings. The monoisotopic (exact) mass is 272 g/mol. The molecule has 1 aromatic carbocycles. The van der Waals surface area contributed by atoms with E-state index in [4.69, 9.17) is 4.74 Å². The van der Waals surface area contributed by atoms with Crippen molar-refractivity contribution < 1.29 is 9.13 Å². The number of ether oxygens (including phenoxy) is 1. The van der Waals surface area contributed by atoms with Gasteiger partial charge in [0.1, 0.15) is 5.82 Å². The Hall–Kier alpha value is -1.94. The smallest absolute Gasteiger partial charge is 0.212 e. The van der Waals surface area contributed by atoms with Crippen molar-refractivity contribution in [2.75, 3.05) is 7.11 Å². The molecule has 0 radical (unpaired) electrons. The van der Waals surface area contributed by atoms with E-state index in [0.29, 0.717) is 24.0 Å². The van der Waals surface area contributed by atoms with Crippen molar-refractivity contribution in [3.63, 3.8) is 0 Å². The van der Waals surface area contributed by atoms with Gasteiger partial charge in [-0.1, -0.05) is 6.07 Å². The topological polar surface area (TPSA) is 34.1 Å². The van der Waals surface area contributed by atoms with Crippen LogP contribution in [0.1, 0.15) is 18.4 Å². The van der Waals surface area contributed by atoms with Crippen molar-refractivity contribution in [2.45, 2.75) is 25.4 Å². The maximum absolute atomic E-state index is 13.8. The molecule has 1 N–H and O–H groups in total. The van der Waals surface area contributed by atoms with Crippen molar-refractivity contribution in [1.29, 1.82) is 0 Å². The van der Waals surface area contributed by atoms with Crippen LogP contribution in [0.4, 0.5) is 4.39 Å². The molecule has 104 valence electrons. The molecular weight excluding hydrogens is 255 g/mol. The van der Waals surface area contributed by atoms with E-state index in [1.165, 1.54) is 18.9 Å². The van der Waals surface area contributed by atoms with E-state index in [9.17, 15) is 4.39 Å². The van der Waals surface area contributed by atoms with Crippen LogP contribution in [0, 0.1) is 5.82 Å². The van der Waals surface area contributed by atoms with E-state index in [-0.39, 0.29) is 5.82 Å². The molecule has 0 amide bonds. The first-order chi connectivity index (χ1) is 9.76. The molecule has 2 aromatic rings. The number of nitrogens with one attached hydrogen (secondary N) is 1. The molecule has 0 unspecified atom stereocenters. The van der Waals surface area contributed by atoms with Crippen molar-refractivity contribution in [1.82, 2.24) is 10.3 Å².